The zero-order chi connectivity index (χ0) is 31.2. The number of likely N-dealkylation sites (N-methyl/N-ethyl adjacent to an activating group) is 1. The number of esters is 1. The van der Waals surface area contributed by atoms with E-state index in [1.165, 1.54) is 41.3 Å². The van der Waals surface area contributed by atoms with Crippen LogP contribution >= 0.6 is 0 Å². The van der Waals surface area contributed by atoms with Gasteiger partial charge in [0.15, 0.2) is 6.61 Å². The van der Waals surface area contributed by atoms with Gasteiger partial charge in [-0.25, -0.2) is 9.69 Å². The van der Waals surface area contributed by atoms with Gasteiger partial charge in [0.05, 0.1) is 22.5 Å². The van der Waals surface area contributed by atoms with Gasteiger partial charge in [-0.15, -0.1) is 0 Å². The summed E-state index contributed by atoms with van der Waals surface area (Å²) in [7, 11) is 0. The predicted molar refractivity (Wildman–Crippen MR) is 159 cm³/mol. The van der Waals surface area contributed by atoms with Gasteiger partial charge in [0.25, 0.3) is 17.7 Å². The van der Waals surface area contributed by atoms with Gasteiger partial charge in [-0.2, -0.15) is 13.2 Å². The molecule has 5 aromatic carbocycles. The molecule has 1 heterocycles. The lowest BCUT2D eigenvalue weighted by Crippen LogP contribution is -2.40. The highest BCUT2D eigenvalue weighted by atomic mass is 19.4. The van der Waals surface area contributed by atoms with E-state index in [1.54, 1.807) is 0 Å². The van der Waals surface area contributed by atoms with Crippen molar-refractivity contribution in [1.82, 2.24) is 0 Å². The Labute approximate surface area is 249 Å². The number of carbonyl (C=O) groups is 4. The molecule has 0 unspecified atom stereocenters. The summed E-state index contributed by atoms with van der Waals surface area (Å²) >= 11 is 0. The molecule has 0 N–H and O–H groups in total. The van der Waals surface area contributed by atoms with E-state index in [9.17, 15) is 32.3 Å². The second-order valence-corrected chi connectivity index (χ2v) is 10.1. The molecule has 0 fully saturated rings. The van der Waals surface area contributed by atoms with E-state index in [1.807, 2.05) is 49.4 Å². The molecule has 0 radical (unpaired) electrons. The first-order chi connectivity index (χ1) is 21.1. The Kier molecular flexibility index (Phi) is 7.12. The maximum absolute atomic E-state index is 13.5. The molecule has 220 valence electrons. The molecule has 0 aromatic heterocycles. The van der Waals surface area contributed by atoms with E-state index in [0.29, 0.717) is 17.1 Å². The number of anilines is 2. The van der Waals surface area contributed by atoms with E-state index < -0.39 is 42.0 Å². The Morgan fingerprint density at radius 3 is 2.20 bits per heavy atom. The number of rotatable bonds is 6. The normalized spacial score (nSPS) is 13.0. The largest absolute Gasteiger partial charge is 0.452 e. The summed E-state index contributed by atoms with van der Waals surface area (Å²) in [4.78, 5) is 55.6. The van der Waals surface area contributed by atoms with Crippen molar-refractivity contribution in [2.75, 3.05) is 23.0 Å². The molecule has 0 aliphatic carbocycles. The predicted octanol–water partition coefficient (Wildman–Crippen LogP) is 7.02. The van der Waals surface area contributed by atoms with Gasteiger partial charge >= 0.3 is 12.1 Å². The van der Waals surface area contributed by atoms with Gasteiger partial charge < -0.3 is 9.64 Å². The number of halogens is 3. The fourth-order valence-corrected chi connectivity index (χ4v) is 5.54. The van der Waals surface area contributed by atoms with Crippen LogP contribution in [0.15, 0.2) is 97.1 Å². The zero-order valence-electron chi connectivity index (χ0n) is 23.2. The standard InChI is InChI=1S/C34H23F3N2O5/c1-2-38(28-15-5-9-20-8-3-4-12-23(20)28)29(40)19-44-33(43)25-16-17-27-30-24(25)13-7-14-26(30)31(41)39(32(27)42)22-11-6-10-21(18-22)34(35,36)37/h3-18H,2,19H2,1H3. The number of amides is 3. The Bertz CT molecular complexity index is 1980. The molecule has 6 rings (SSSR count). The third kappa shape index (κ3) is 4.84. The molecule has 1 aliphatic heterocycles. The Morgan fingerprint density at radius 2 is 1.45 bits per heavy atom. The van der Waals surface area contributed by atoms with Gasteiger partial charge in [-0.05, 0) is 60.2 Å². The Balaban J connectivity index is 1.28. The monoisotopic (exact) mass is 596 g/mol. The van der Waals surface area contributed by atoms with Crippen LogP contribution in [-0.4, -0.2) is 36.8 Å². The van der Waals surface area contributed by atoms with Gasteiger partial charge in [0, 0.05) is 28.4 Å². The van der Waals surface area contributed by atoms with Crippen LogP contribution < -0.4 is 9.80 Å². The molecule has 0 atom stereocenters. The van der Waals surface area contributed by atoms with E-state index in [2.05, 4.69) is 0 Å². The molecule has 0 saturated carbocycles. The minimum Gasteiger partial charge on any atom is -0.452 e. The summed E-state index contributed by atoms with van der Waals surface area (Å²) in [6.07, 6.45) is -4.67. The number of ether oxygens (including phenoxy) is 1. The SMILES string of the molecule is CCN(C(=O)COC(=O)c1ccc2c3c(cccc13)C(=O)N(c1cccc(C(F)(F)F)c1)C2=O)c1cccc2ccccc12. The second kappa shape index (κ2) is 11.0. The number of hydrogen-bond donors (Lipinski definition) is 0. The number of alkyl halides is 3. The molecule has 0 spiro atoms. The van der Waals surface area contributed by atoms with Crippen LogP contribution in [-0.2, 0) is 15.7 Å². The summed E-state index contributed by atoms with van der Waals surface area (Å²) in [6.45, 7) is 1.59. The van der Waals surface area contributed by atoms with Crippen molar-refractivity contribution >= 4 is 56.6 Å². The lowest BCUT2D eigenvalue weighted by molar-refractivity contribution is -0.137. The highest BCUT2D eigenvalue weighted by Gasteiger charge is 2.37. The number of benzene rings is 5. The molecule has 0 saturated heterocycles. The van der Waals surface area contributed by atoms with Crippen LogP contribution in [0.2, 0.25) is 0 Å². The molecular weight excluding hydrogens is 573 g/mol. The van der Waals surface area contributed by atoms with Crippen molar-refractivity contribution in [3.05, 3.63) is 119 Å². The molecule has 7 nitrogen and oxygen atoms in total. The van der Waals surface area contributed by atoms with Crippen LogP contribution in [0, 0.1) is 0 Å². The number of hydrogen-bond acceptors (Lipinski definition) is 5. The van der Waals surface area contributed by atoms with Crippen LogP contribution in [0.4, 0.5) is 24.5 Å². The Morgan fingerprint density at radius 1 is 0.795 bits per heavy atom. The average molecular weight is 597 g/mol. The zero-order valence-corrected chi connectivity index (χ0v) is 23.2. The maximum atomic E-state index is 13.5. The van der Waals surface area contributed by atoms with Crippen molar-refractivity contribution in [2.24, 2.45) is 0 Å². The van der Waals surface area contributed by atoms with Crippen LogP contribution in [0.1, 0.15) is 43.6 Å². The molecule has 44 heavy (non-hydrogen) atoms. The summed E-state index contributed by atoms with van der Waals surface area (Å²) < 4.78 is 45.4. The third-order valence-electron chi connectivity index (χ3n) is 7.56. The lowest BCUT2D eigenvalue weighted by Gasteiger charge is -2.28. The highest BCUT2D eigenvalue weighted by Crippen LogP contribution is 2.37. The molecule has 1 aliphatic rings. The summed E-state index contributed by atoms with van der Waals surface area (Å²) in [6, 6.07) is 24.3. The minimum atomic E-state index is -4.67. The smallest absolute Gasteiger partial charge is 0.416 e. The van der Waals surface area contributed by atoms with Crippen LogP contribution in [0.25, 0.3) is 21.5 Å². The maximum Gasteiger partial charge on any atom is 0.416 e. The highest BCUT2D eigenvalue weighted by molar-refractivity contribution is 6.36. The summed E-state index contributed by atoms with van der Waals surface area (Å²) in [5.41, 5.74) is -0.461. The molecule has 10 heteroatoms. The Hall–Kier alpha value is -5.51. The van der Waals surface area contributed by atoms with E-state index in [-0.39, 0.29) is 33.2 Å². The van der Waals surface area contributed by atoms with Crippen molar-refractivity contribution in [3.8, 4) is 0 Å². The summed E-state index contributed by atoms with van der Waals surface area (Å²) in [5, 5.41) is 2.24. The summed E-state index contributed by atoms with van der Waals surface area (Å²) in [5.74, 6) is -2.94. The lowest BCUT2D eigenvalue weighted by atomic mass is 9.91. The van der Waals surface area contributed by atoms with Crippen molar-refractivity contribution in [1.29, 1.82) is 0 Å². The van der Waals surface area contributed by atoms with Gasteiger partial charge in [-0.3, -0.25) is 14.4 Å². The molecule has 5 aromatic rings. The van der Waals surface area contributed by atoms with E-state index in [4.69, 9.17) is 4.74 Å². The van der Waals surface area contributed by atoms with E-state index in [0.717, 1.165) is 29.0 Å². The van der Waals surface area contributed by atoms with Gasteiger partial charge in [0.2, 0.25) is 0 Å². The first-order valence-corrected chi connectivity index (χ1v) is 13.7. The van der Waals surface area contributed by atoms with Crippen molar-refractivity contribution in [3.63, 3.8) is 0 Å². The first-order valence-electron chi connectivity index (χ1n) is 13.7. The number of carbonyl (C=O) groups excluding carboxylic acids is 4. The quantitative estimate of drug-likeness (QED) is 0.155. The molecule has 0 bridgehead atoms. The fourth-order valence-electron chi connectivity index (χ4n) is 5.54. The number of nitrogens with zero attached hydrogens (tertiary/aromatic N) is 2. The topological polar surface area (TPSA) is 84.0 Å². The van der Waals surface area contributed by atoms with Crippen molar-refractivity contribution < 1.29 is 37.1 Å². The first kappa shape index (κ1) is 28.6. The van der Waals surface area contributed by atoms with E-state index >= 15 is 0 Å². The average Bonchev–Trinajstić information content (AvgIpc) is 3.02. The number of imide groups is 1. The third-order valence-corrected chi connectivity index (χ3v) is 7.56. The van der Waals surface area contributed by atoms with Gasteiger partial charge in [-0.1, -0.05) is 54.6 Å². The van der Waals surface area contributed by atoms with Crippen molar-refractivity contribution in [2.45, 2.75) is 13.1 Å². The van der Waals surface area contributed by atoms with Gasteiger partial charge in [0.1, 0.15) is 0 Å². The fraction of sp³-hybridized carbons (Fsp3) is 0.118. The number of fused-ring (bicyclic) bond motifs is 1. The molecular formula is C34H23F3N2O5. The second-order valence-electron chi connectivity index (χ2n) is 10.1. The van der Waals surface area contributed by atoms with Crippen LogP contribution in [0.3, 0.4) is 0 Å². The van der Waals surface area contributed by atoms with Crippen LogP contribution in [0.5, 0.6) is 0 Å². The molecule has 3 amide bonds. The minimum absolute atomic E-state index is 0.0275.